The van der Waals surface area contributed by atoms with Crippen LogP contribution < -0.4 is 10.1 Å². The summed E-state index contributed by atoms with van der Waals surface area (Å²) in [5, 5.41) is 12.9. The quantitative estimate of drug-likeness (QED) is 0.808. The van der Waals surface area contributed by atoms with Crippen molar-refractivity contribution in [3.8, 4) is 11.5 Å². The number of methoxy groups -OCH3 is 1. The molecular formula is C12H16FNO2. The fourth-order valence-corrected chi connectivity index (χ4v) is 2.26. The van der Waals surface area contributed by atoms with E-state index < -0.39 is 5.82 Å². The zero-order valence-corrected chi connectivity index (χ0v) is 9.51. The van der Waals surface area contributed by atoms with E-state index in [0.717, 1.165) is 25.1 Å². The smallest absolute Gasteiger partial charge is 0.194 e. The van der Waals surface area contributed by atoms with Gasteiger partial charge in [-0.05, 0) is 37.1 Å². The Kier molecular flexibility index (Phi) is 3.01. The van der Waals surface area contributed by atoms with Gasteiger partial charge in [0.05, 0.1) is 7.11 Å². The Morgan fingerprint density at radius 2 is 2.31 bits per heavy atom. The molecule has 1 aliphatic rings. The number of nitrogens with one attached hydrogen (secondary N) is 1. The molecule has 0 saturated carbocycles. The van der Waals surface area contributed by atoms with Gasteiger partial charge in [-0.3, -0.25) is 0 Å². The topological polar surface area (TPSA) is 41.5 Å². The number of ether oxygens (including phenoxy) is 1. The average Bonchev–Trinajstić information content (AvgIpc) is 2.77. The summed E-state index contributed by atoms with van der Waals surface area (Å²) in [6.45, 7) is 3.47. The molecule has 1 aromatic rings. The van der Waals surface area contributed by atoms with Gasteiger partial charge >= 0.3 is 0 Å². The van der Waals surface area contributed by atoms with Crippen molar-refractivity contribution in [2.45, 2.75) is 19.3 Å². The molecule has 16 heavy (non-hydrogen) atoms. The average molecular weight is 225 g/mol. The first-order valence-corrected chi connectivity index (χ1v) is 5.41. The third kappa shape index (κ3) is 1.73. The van der Waals surface area contributed by atoms with Gasteiger partial charge in [-0.2, -0.15) is 0 Å². The van der Waals surface area contributed by atoms with E-state index in [1.54, 1.807) is 6.07 Å². The first-order valence-electron chi connectivity index (χ1n) is 5.41. The molecule has 1 atom stereocenters. The molecule has 1 heterocycles. The van der Waals surface area contributed by atoms with Crippen molar-refractivity contribution in [1.29, 1.82) is 0 Å². The van der Waals surface area contributed by atoms with Gasteiger partial charge in [0, 0.05) is 12.5 Å². The number of aromatic hydroxyl groups is 1. The van der Waals surface area contributed by atoms with E-state index in [2.05, 4.69) is 5.32 Å². The molecule has 88 valence electrons. The van der Waals surface area contributed by atoms with E-state index in [9.17, 15) is 9.50 Å². The third-order valence-electron chi connectivity index (χ3n) is 3.11. The molecule has 1 saturated heterocycles. The maximum Gasteiger partial charge on any atom is 0.194 e. The molecule has 0 amide bonds. The molecule has 2 rings (SSSR count). The largest absolute Gasteiger partial charge is 0.502 e. The number of aryl methyl sites for hydroxylation is 1. The van der Waals surface area contributed by atoms with Crippen molar-refractivity contribution in [3.63, 3.8) is 0 Å². The van der Waals surface area contributed by atoms with Crippen molar-refractivity contribution in [2.75, 3.05) is 20.2 Å². The number of benzene rings is 1. The molecule has 0 radical (unpaired) electrons. The number of rotatable bonds is 2. The molecule has 3 nitrogen and oxygen atoms in total. The van der Waals surface area contributed by atoms with Gasteiger partial charge in [-0.1, -0.05) is 0 Å². The number of phenolic OH excluding ortho intramolecular Hbond substituents is 1. The van der Waals surface area contributed by atoms with Crippen molar-refractivity contribution in [2.24, 2.45) is 0 Å². The zero-order chi connectivity index (χ0) is 11.7. The summed E-state index contributed by atoms with van der Waals surface area (Å²) in [6, 6.07) is 1.77. The summed E-state index contributed by atoms with van der Waals surface area (Å²) in [5.74, 6) is -0.539. The fourth-order valence-electron chi connectivity index (χ4n) is 2.26. The van der Waals surface area contributed by atoms with Gasteiger partial charge in [0.15, 0.2) is 17.3 Å². The van der Waals surface area contributed by atoms with Crippen LogP contribution in [0, 0.1) is 12.7 Å². The van der Waals surface area contributed by atoms with Crippen molar-refractivity contribution in [1.82, 2.24) is 5.32 Å². The lowest BCUT2D eigenvalue weighted by Gasteiger charge is -2.15. The van der Waals surface area contributed by atoms with Gasteiger partial charge in [0.25, 0.3) is 0 Å². The molecular weight excluding hydrogens is 209 g/mol. The number of phenols is 1. The molecule has 1 aromatic carbocycles. The monoisotopic (exact) mass is 225 g/mol. The highest BCUT2D eigenvalue weighted by Gasteiger charge is 2.24. The Labute approximate surface area is 94.2 Å². The van der Waals surface area contributed by atoms with Crippen molar-refractivity contribution < 1.29 is 14.2 Å². The molecule has 1 unspecified atom stereocenters. The Hall–Kier alpha value is -1.29. The van der Waals surface area contributed by atoms with Crippen molar-refractivity contribution >= 4 is 0 Å². The van der Waals surface area contributed by atoms with E-state index in [-0.39, 0.29) is 17.4 Å². The van der Waals surface area contributed by atoms with Crippen LogP contribution in [0.25, 0.3) is 0 Å². The maximum atomic E-state index is 13.9. The summed E-state index contributed by atoms with van der Waals surface area (Å²) in [5.41, 5.74) is 1.35. The predicted molar refractivity (Wildman–Crippen MR) is 59.6 cm³/mol. The molecule has 0 aliphatic carbocycles. The second kappa shape index (κ2) is 4.29. The third-order valence-corrected chi connectivity index (χ3v) is 3.11. The van der Waals surface area contributed by atoms with Crippen molar-refractivity contribution in [3.05, 3.63) is 23.0 Å². The van der Waals surface area contributed by atoms with Crippen LogP contribution in [0.15, 0.2) is 6.07 Å². The van der Waals surface area contributed by atoms with Crippen LogP contribution >= 0.6 is 0 Å². The van der Waals surface area contributed by atoms with Gasteiger partial charge in [0.2, 0.25) is 0 Å². The van der Waals surface area contributed by atoms with E-state index >= 15 is 0 Å². The molecule has 2 N–H and O–H groups in total. The molecule has 0 bridgehead atoms. The SMILES string of the molecule is COc1c(C)cc(C2CCNC2)c(F)c1O. The van der Waals surface area contributed by atoms with Gasteiger partial charge in [-0.25, -0.2) is 4.39 Å². The summed E-state index contributed by atoms with van der Waals surface area (Å²) in [7, 11) is 1.43. The summed E-state index contributed by atoms with van der Waals surface area (Å²) in [6.07, 6.45) is 0.905. The minimum Gasteiger partial charge on any atom is -0.502 e. The first kappa shape index (κ1) is 11.2. The highest BCUT2D eigenvalue weighted by molar-refractivity contribution is 5.50. The summed E-state index contributed by atoms with van der Waals surface area (Å²) in [4.78, 5) is 0. The van der Waals surface area contributed by atoms with Crippen LogP contribution in [0.5, 0.6) is 11.5 Å². The van der Waals surface area contributed by atoms with Crippen LogP contribution in [0.2, 0.25) is 0 Å². The molecule has 1 fully saturated rings. The van der Waals surface area contributed by atoms with E-state index in [1.807, 2.05) is 6.92 Å². The van der Waals surface area contributed by atoms with Crippen LogP contribution in [0.3, 0.4) is 0 Å². The minimum atomic E-state index is -0.545. The van der Waals surface area contributed by atoms with E-state index in [0.29, 0.717) is 5.56 Å². The number of hydrogen-bond donors (Lipinski definition) is 2. The van der Waals surface area contributed by atoms with E-state index in [1.165, 1.54) is 7.11 Å². The van der Waals surface area contributed by atoms with Gasteiger partial charge < -0.3 is 15.2 Å². The first-order chi connectivity index (χ1) is 7.65. The second-order valence-electron chi connectivity index (χ2n) is 4.17. The zero-order valence-electron chi connectivity index (χ0n) is 9.51. The lowest BCUT2D eigenvalue weighted by Crippen LogP contribution is -2.09. The Bertz CT molecular complexity index is 400. The Balaban J connectivity index is 2.46. The summed E-state index contributed by atoms with van der Waals surface area (Å²) >= 11 is 0. The van der Waals surface area contributed by atoms with Gasteiger partial charge in [-0.15, -0.1) is 0 Å². The molecule has 1 aliphatic heterocycles. The van der Waals surface area contributed by atoms with Crippen LogP contribution in [0.4, 0.5) is 4.39 Å². The van der Waals surface area contributed by atoms with Crippen LogP contribution in [0.1, 0.15) is 23.5 Å². The minimum absolute atomic E-state index is 0.149. The second-order valence-corrected chi connectivity index (χ2v) is 4.17. The summed E-state index contributed by atoms with van der Waals surface area (Å²) < 4.78 is 18.9. The molecule has 4 heteroatoms. The van der Waals surface area contributed by atoms with Gasteiger partial charge in [0.1, 0.15) is 0 Å². The Morgan fingerprint density at radius 1 is 1.56 bits per heavy atom. The molecule has 0 aromatic heterocycles. The normalized spacial score (nSPS) is 20.1. The number of halogens is 1. The lowest BCUT2D eigenvalue weighted by atomic mass is 9.95. The predicted octanol–water partition coefficient (Wildman–Crippen LogP) is 1.93. The number of hydrogen-bond acceptors (Lipinski definition) is 3. The molecule has 0 spiro atoms. The highest BCUT2D eigenvalue weighted by Crippen LogP contribution is 2.38. The highest BCUT2D eigenvalue weighted by atomic mass is 19.1. The fraction of sp³-hybridized carbons (Fsp3) is 0.500. The lowest BCUT2D eigenvalue weighted by molar-refractivity contribution is 0.352. The van der Waals surface area contributed by atoms with E-state index in [4.69, 9.17) is 4.74 Å². The maximum absolute atomic E-state index is 13.9. The van der Waals surface area contributed by atoms with Crippen LogP contribution in [-0.2, 0) is 0 Å². The van der Waals surface area contributed by atoms with Crippen LogP contribution in [-0.4, -0.2) is 25.3 Å². The standard InChI is InChI=1S/C12H16FNO2/c1-7-5-9(8-3-4-14-6-8)10(13)11(15)12(7)16-2/h5,8,14-15H,3-4,6H2,1-2H3. The Morgan fingerprint density at radius 3 is 2.88 bits per heavy atom.